The molecule has 0 aliphatic carbocycles. The second kappa shape index (κ2) is 5.21. The Balaban J connectivity index is 2.52. The topological polar surface area (TPSA) is 29.9 Å². The maximum absolute atomic E-state index is 6.04. The molecule has 1 aromatic heterocycles. The summed E-state index contributed by atoms with van der Waals surface area (Å²) in [5.41, 5.74) is 3.04. The van der Waals surface area contributed by atoms with Crippen molar-refractivity contribution < 1.29 is 0 Å². The minimum Gasteiger partial charge on any atom is -0.316 e. The lowest BCUT2D eigenvalue weighted by Crippen LogP contribution is -2.09. The van der Waals surface area contributed by atoms with Crippen molar-refractivity contribution in [3.8, 4) is 5.69 Å². The normalized spacial score (nSPS) is 10.8. The Labute approximate surface area is 114 Å². The molecule has 2 rings (SSSR count). The first kappa shape index (κ1) is 12.6. The van der Waals surface area contributed by atoms with E-state index in [-0.39, 0.29) is 0 Å². The number of halogens is 2. The average Bonchev–Trinajstić information content (AvgIpc) is 2.62. The molecule has 0 fully saturated rings. The van der Waals surface area contributed by atoms with Gasteiger partial charge in [-0.3, -0.25) is 0 Å². The number of aromatic nitrogens is 2. The Morgan fingerprint density at radius 3 is 2.82 bits per heavy atom. The van der Waals surface area contributed by atoms with Gasteiger partial charge >= 0.3 is 0 Å². The molecule has 1 N–H and O–H groups in total. The number of nitrogens with zero attached hydrogens (tertiary/aromatic N) is 2. The lowest BCUT2D eigenvalue weighted by atomic mass is 10.2. The predicted octanol–water partition coefficient (Wildman–Crippen LogP) is 3.32. The molecule has 0 spiro atoms. The van der Waals surface area contributed by atoms with Crippen LogP contribution in [0.4, 0.5) is 0 Å². The van der Waals surface area contributed by atoms with Gasteiger partial charge in [-0.1, -0.05) is 33.6 Å². The fourth-order valence-corrected chi connectivity index (χ4v) is 2.13. The average molecular weight is 315 g/mol. The van der Waals surface area contributed by atoms with E-state index in [2.05, 4.69) is 32.4 Å². The van der Waals surface area contributed by atoms with Crippen LogP contribution in [-0.4, -0.2) is 16.8 Å². The van der Waals surface area contributed by atoms with Crippen molar-refractivity contribution in [2.75, 3.05) is 7.05 Å². The zero-order valence-electron chi connectivity index (χ0n) is 9.67. The number of rotatable bonds is 3. The van der Waals surface area contributed by atoms with E-state index in [9.17, 15) is 0 Å². The van der Waals surface area contributed by atoms with Crippen LogP contribution in [0.25, 0.3) is 5.69 Å². The molecule has 0 radical (unpaired) electrons. The Bertz CT molecular complexity index is 517. The van der Waals surface area contributed by atoms with Gasteiger partial charge in [0.05, 0.1) is 16.4 Å². The lowest BCUT2D eigenvalue weighted by Gasteiger charge is -2.09. The van der Waals surface area contributed by atoms with Crippen molar-refractivity contribution >= 4 is 27.5 Å². The first-order valence-corrected chi connectivity index (χ1v) is 6.44. The molecule has 17 heavy (non-hydrogen) atoms. The number of aryl methyl sites for hydroxylation is 1. The fraction of sp³-hybridized carbons (Fsp3) is 0.250. The third-order valence-corrected chi connectivity index (χ3v) is 3.36. The predicted molar refractivity (Wildman–Crippen MR) is 73.8 cm³/mol. The minimum absolute atomic E-state index is 0.681. The van der Waals surface area contributed by atoms with Gasteiger partial charge in [-0.2, -0.15) is 5.10 Å². The molecule has 0 bridgehead atoms. The summed E-state index contributed by atoms with van der Waals surface area (Å²) in [7, 11) is 1.92. The Kier molecular flexibility index (Phi) is 3.86. The summed E-state index contributed by atoms with van der Waals surface area (Å²) >= 11 is 9.51. The number of benzene rings is 1. The molecule has 2 aromatic rings. The zero-order valence-corrected chi connectivity index (χ0v) is 12.0. The molecule has 3 nitrogen and oxygen atoms in total. The first-order chi connectivity index (χ1) is 8.11. The SMILES string of the molecule is CNCc1ccc(Br)cc1-n1cc(Cl)c(C)n1. The van der Waals surface area contributed by atoms with Gasteiger partial charge in [0.15, 0.2) is 0 Å². The molecule has 0 aliphatic rings. The molecular weight excluding hydrogens is 302 g/mol. The van der Waals surface area contributed by atoms with Crippen molar-refractivity contribution in [2.24, 2.45) is 0 Å². The van der Waals surface area contributed by atoms with E-state index in [4.69, 9.17) is 11.6 Å². The minimum atomic E-state index is 0.681. The van der Waals surface area contributed by atoms with Gasteiger partial charge in [-0.15, -0.1) is 0 Å². The standard InChI is InChI=1S/C12H13BrClN3/c1-8-11(14)7-17(16-8)12-5-10(13)4-3-9(12)6-15-2/h3-5,7,15H,6H2,1-2H3. The van der Waals surface area contributed by atoms with E-state index in [1.54, 1.807) is 0 Å². The van der Waals surface area contributed by atoms with Gasteiger partial charge in [0.1, 0.15) is 0 Å². The molecule has 0 saturated carbocycles. The van der Waals surface area contributed by atoms with Crippen LogP contribution in [0, 0.1) is 6.92 Å². The lowest BCUT2D eigenvalue weighted by molar-refractivity contribution is 0.785. The summed E-state index contributed by atoms with van der Waals surface area (Å²) in [6.07, 6.45) is 1.83. The van der Waals surface area contributed by atoms with E-state index in [1.165, 1.54) is 5.56 Å². The Hall–Kier alpha value is -0.840. The highest BCUT2D eigenvalue weighted by Gasteiger charge is 2.08. The molecule has 0 aliphatic heterocycles. The van der Waals surface area contributed by atoms with Gasteiger partial charge in [0, 0.05) is 17.2 Å². The molecule has 0 saturated heterocycles. The van der Waals surface area contributed by atoms with E-state index >= 15 is 0 Å². The third-order valence-electron chi connectivity index (χ3n) is 2.50. The van der Waals surface area contributed by atoms with E-state index in [0.29, 0.717) is 5.02 Å². The summed E-state index contributed by atoms with van der Waals surface area (Å²) < 4.78 is 2.84. The summed E-state index contributed by atoms with van der Waals surface area (Å²) in [6.45, 7) is 2.69. The van der Waals surface area contributed by atoms with Crippen molar-refractivity contribution in [1.82, 2.24) is 15.1 Å². The van der Waals surface area contributed by atoms with Crippen molar-refractivity contribution in [2.45, 2.75) is 13.5 Å². The molecule has 1 aromatic carbocycles. The summed E-state index contributed by atoms with van der Waals surface area (Å²) in [6, 6.07) is 6.13. The van der Waals surface area contributed by atoms with E-state index in [0.717, 1.165) is 22.4 Å². The highest BCUT2D eigenvalue weighted by molar-refractivity contribution is 9.10. The van der Waals surface area contributed by atoms with Crippen LogP contribution in [0.1, 0.15) is 11.3 Å². The monoisotopic (exact) mass is 313 g/mol. The number of hydrogen-bond donors (Lipinski definition) is 1. The van der Waals surface area contributed by atoms with Gasteiger partial charge in [0.25, 0.3) is 0 Å². The zero-order chi connectivity index (χ0) is 12.4. The maximum atomic E-state index is 6.04. The summed E-state index contributed by atoms with van der Waals surface area (Å²) in [4.78, 5) is 0. The van der Waals surface area contributed by atoms with Crippen molar-refractivity contribution in [1.29, 1.82) is 0 Å². The smallest absolute Gasteiger partial charge is 0.0819 e. The van der Waals surface area contributed by atoms with Crippen LogP contribution in [0.5, 0.6) is 0 Å². The molecule has 0 unspecified atom stereocenters. The molecule has 1 heterocycles. The van der Waals surface area contributed by atoms with Crippen molar-refractivity contribution in [3.63, 3.8) is 0 Å². The molecular formula is C12H13BrClN3. The summed E-state index contributed by atoms with van der Waals surface area (Å²) in [5.74, 6) is 0. The van der Waals surface area contributed by atoms with Crippen LogP contribution in [0.15, 0.2) is 28.9 Å². The van der Waals surface area contributed by atoms with Crippen LogP contribution in [-0.2, 0) is 6.54 Å². The highest BCUT2D eigenvalue weighted by Crippen LogP contribution is 2.22. The first-order valence-electron chi connectivity index (χ1n) is 5.27. The van der Waals surface area contributed by atoms with Crippen molar-refractivity contribution in [3.05, 3.63) is 45.1 Å². The fourth-order valence-electron chi connectivity index (χ4n) is 1.65. The number of hydrogen-bond acceptors (Lipinski definition) is 2. The van der Waals surface area contributed by atoms with Gasteiger partial charge in [-0.05, 0) is 31.7 Å². The molecule has 0 atom stereocenters. The maximum Gasteiger partial charge on any atom is 0.0819 e. The molecule has 0 amide bonds. The Morgan fingerprint density at radius 2 is 2.24 bits per heavy atom. The van der Waals surface area contributed by atoms with Gasteiger partial charge in [0.2, 0.25) is 0 Å². The van der Waals surface area contributed by atoms with Crippen LogP contribution < -0.4 is 5.32 Å². The quantitative estimate of drug-likeness (QED) is 0.942. The Morgan fingerprint density at radius 1 is 1.47 bits per heavy atom. The van der Waals surface area contributed by atoms with E-state index in [1.807, 2.05) is 37.0 Å². The molecule has 90 valence electrons. The second-order valence-electron chi connectivity index (χ2n) is 3.81. The largest absolute Gasteiger partial charge is 0.316 e. The summed E-state index contributed by atoms with van der Waals surface area (Å²) in [5, 5.41) is 8.23. The number of nitrogens with one attached hydrogen (secondary N) is 1. The van der Waals surface area contributed by atoms with Crippen LogP contribution in [0.2, 0.25) is 5.02 Å². The second-order valence-corrected chi connectivity index (χ2v) is 5.13. The van der Waals surface area contributed by atoms with Crippen LogP contribution in [0.3, 0.4) is 0 Å². The molecule has 5 heteroatoms. The van der Waals surface area contributed by atoms with Crippen LogP contribution >= 0.6 is 27.5 Å². The van der Waals surface area contributed by atoms with E-state index < -0.39 is 0 Å². The van der Waals surface area contributed by atoms with Gasteiger partial charge < -0.3 is 5.32 Å². The van der Waals surface area contributed by atoms with Gasteiger partial charge in [-0.25, -0.2) is 4.68 Å². The highest BCUT2D eigenvalue weighted by atomic mass is 79.9. The third kappa shape index (κ3) is 2.70.